The third-order valence-electron chi connectivity index (χ3n) is 6.96. The molecular formula is C25H27Cl2N3O3. The van der Waals surface area contributed by atoms with Gasteiger partial charge in [-0.05, 0) is 68.1 Å². The molecule has 2 aromatic rings. The Balaban J connectivity index is 1.61. The predicted octanol–water partition coefficient (Wildman–Crippen LogP) is 5.00. The molecule has 174 valence electrons. The molecule has 3 atom stereocenters. The first-order valence-corrected chi connectivity index (χ1v) is 11.9. The number of guanidine groups is 1. The van der Waals surface area contributed by atoms with Crippen molar-refractivity contribution < 1.29 is 14.3 Å². The van der Waals surface area contributed by atoms with Crippen molar-refractivity contribution in [3.63, 3.8) is 0 Å². The van der Waals surface area contributed by atoms with Gasteiger partial charge in [0.15, 0.2) is 11.5 Å². The molecule has 3 unspecified atom stereocenters. The van der Waals surface area contributed by atoms with E-state index < -0.39 is 5.54 Å². The molecule has 3 aliphatic rings. The number of benzene rings is 2. The van der Waals surface area contributed by atoms with Crippen molar-refractivity contribution in [3.05, 3.63) is 52.0 Å². The molecule has 0 bridgehead atoms. The molecule has 1 fully saturated rings. The van der Waals surface area contributed by atoms with Crippen LogP contribution in [-0.4, -0.2) is 42.1 Å². The van der Waals surface area contributed by atoms with Gasteiger partial charge in [-0.1, -0.05) is 29.3 Å². The summed E-state index contributed by atoms with van der Waals surface area (Å²) in [7, 11) is 1.66. The standard InChI is InChI=1S/C25H27Cl2N3O3/c1-24(2)12-15(6-7-32-24)21-13-25(22(31)30(3)23(28)29-25)19-10-14(4-5-20(19)33-21)16-8-17(26)11-18(27)9-16/h4-5,8-11,15,21H,6-7,12-13H2,1-3H3,(H2,28,29). The van der Waals surface area contributed by atoms with Gasteiger partial charge in [0.2, 0.25) is 0 Å². The van der Waals surface area contributed by atoms with Gasteiger partial charge in [0.1, 0.15) is 11.9 Å². The van der Waals surface area contributed by atoms with Crippen molar-refractivity contribution in [2.75, 3.05) is 13.7 Å². The summed E-state index contributed by atoms with van der Waals surface area (Å²) in [4.78, 5) is 19.8. The van der Waals surface area contributed by atoms with Crippen LogP contribution in [0.25, 0.3) is 11.1 Å². The highest BCUT2D eigenvalue weighted by atomic mass is 35.5. The first-order valence-electron chi connectivity index (χ1n) is 11.1. The fourth-order valence-corrected chi connectivity index (χ4v) is 5.86. The molecule has 3 aliphatic heterocycles. The zero-order valence-electron chi connectivity index (χ0n) is 18.9. The van der Waals surface area contributed by atoms with Crippen LogP contribution in [-0.2, 0) is 15.1 Å². The predicted molar refractivity (Wildman–Crippen MR) is 130 cm³/mol. The van der Waals surface area contributed by atoms with Crippen molar-refractivity contribution in [3.8, 4) is 16.9 Å². The van der Waals surface area contributed by atoms with E-state index in [9.17, 15) is 4.79 Å². The number of carbonyl (C=O) groups excluding carboxylic acids is 1. The second-order valence-corrected chi connectivity index (χ2v) is 10.7. The van der Waals surface area contributed by atoms with E-state index in [4.69, 9.17) is 43.4 Å². The number of likely N-dealkylation sites (N-methyl/N-ethyl adjacent to an activating group) is 1. The maximum atomic E-state index is 13.6. The lowest BCUT2D eigenvalue weighted by Crippen LogP contribution is -2.49. The van der Waals surface area contributed by atoms with Crippen LogP contribution in [0, 0.1) is 5.92 Å². The molecule has 2 N–H and O–H groups in total. The van der Waals surface area contributed by atoms with Gasteiger partial charge in [-0.25, -0.2) is 4.99 Å². The van der Waals surface area contributed by atoms with Gasteiger partial charge in [-0.3, -0.25) is 9.69 Å². The number of ether oxygens (including phenoxy) is 2. The van der Waals surface area contributed by atoms with Crippen LogP contribution < -0.4 is 10.5 Å². The van der Waals surface area contributed by atoms with E-state index in [0.29, 0.717) is 28.8 Å². The highest BCUT2D eigenvalue weighted by Crippen LogP contribution is 2.50. The summed E-state index contributed by atoms with van der Waals surface area (Å²) < 4.78 is 12.4. The fourth-order valence-electron chi connectivity index (χ4n) is 5.33. The third kappa shape index (κ3) is 3.88. The van der Waals surface area contributed by atoms with Crippen LogP contribution in [0.5, 0.6) is 5.75 Å². The smallest absolute Gasteiger partial charge is 0.261 e. The Hall–Kier alpha value is -2.28. The summed E-state index contributed by atoms with van der Waals surface area (Å²) in [5.74, 6) is 0.991. The fraction of sp³-hybridized carbons (Fsp3) is 0.440. The third-order valence-corrected chi connectivity index (χ3v) is 7.40. The van der Waals surface area contributed by atoms with Gasteiger partial charge in [-0.2, -0.15) is 0 Å². The number of hydrogen-bond donors (Lipinski definition) is 1. The number of nitrogens with zero attached hydrogens (tertiary/aromatic N) is 2. The maximum Gasteiger partial charge on any atom is 0.261 e. The molecule has 5 rings (SSSR count). The molecule has 8 heteroatoms. The number of hydrogen-bond acceptors (Lipinski definition) is 5. The number of fused-ring (bicyclic) bond motifs is 2. The highest BCUT2D eigenvalue weighted by molar-refractivity contribution is 6.35. The van der Waals surface area contributed by atoms with E-state index >= 15 is 0 Å². The first-order chi connectivity index (χ1) is 15.6. The Morgan fingerprint density at radius 3 is 2.45 bits per heavy atom. The molecular weight excluding hydrogens is 461 g/mol. The summed E-state index contributed by atoms with van der Waals surface area (Å²) in [6.07, 6.45) is 2.00. The van der Waals surface area contributed by atoms with Gasteiger partial charge in [-0.15, -0.1) is 0 Å². The summed E-state index contributed by atoms with van der Waals surface area (Å²) in [5.41, 5.74) is 7.26. The summed E-state index contributed by atoms with van der Waals surface area (Å²) in [6.45, 7) is 4.86. The number of nitrogens with two attached hydrogens (primary N) is 1. The average molecular weight is 488 g/mol. The van der Waals surface area contributed by atoms with Crippen LogP contribution in [0.1, 0.15) is 38.7 Å². The number of halogens is 2. The van der Waals surface area contributed by atoms with Crippen LogP contribution >= 0.6 is 23.2 Å². The second-order valence-electron chi connectivity index (χ2n) is 9.78. The SMILES string of the molecule is CN1C(=O)C2(CC(C3CCOC(C)(C)C3)Oc3ccc(-c4cc(Cl)cc(Cl)c4)cc32)N=C1N. The minimum atomic E-state index is -1.11. The number of carbonyl (C=O) groups is 1. The van der Waals surface area contributed by atoms with E-state index in [0.717, 1.165) is 29.5 Å². The van der Waals surface area contributed by atoms with Crippen LogP contribution in [0.2, 0.25) is 10.0 Å². The van der Waals surface area contributed by atoms with Crippen LogP contribution in [0.3, 0.4) is 0 Å². The lowest BCUT2D eigenvalue weighted by atomic mass is 9.74. The van der Waals surface area contributed by atoms with E-state index in [1.807, 2.05) is 30.3 Å². The van der Waals surface area contributed by atoms with Crippen molar-refractivity contribution >= 4 is 35.1 Å². The Morgan fingerprint density at radius 2 is 1.82 bits per heavy atom. The first kappa shape index (κ1) is 22.5. The van der Waals surface area contributed by atoms with E-state index in [-0.39, 0.29) is 29.5 Å². The molecule has 0 aromatic heterocycles. The van der Waals surface area contributed by atoms with Gasteiger partial charge in [0.25, 0.3) is 5.91 Å². The monoisotopic (exact) mass is 487 g/mol. The molecule has 0 aliphatic carbocycles. The van der Waals surface area contributed by atoms with Gasteiger partial charge < -0.3 is 15.2 Å². The largest absolute Gasteiger partial charge is 0.490 e. The molecule has 1 saturated heterocycles. The Morgan fingerprint density at radius 1 is 1.09 bits per heavy atom. The summed E-state index contributed by atoms with van der Waals surface area (Å²) in [5, 5.41) is 1.09. The average Bonchev–Trinajstić information content (AvgIpc) is 2.96. The zero-order valence-corrected chi connectivity index (χ0v) is 20.4. The molecule has 2 aromatic carbocycles. The highest BCUT2D eigenvalue weighted by Gasteiger charge is 2.55. The van der Waals surface area contributed by atoms with Crippen LogP contribution in [0.15, 0.2) is 41.4 Å². The summed E-state index contributed by atoms with van der Waals surface area (Å²) in [6, 6.07) is 11.2. The van der Waals surface area contributed by atoms with E-state index in [2.05, 4.69) is 13.8 Å². The normalized spacial score (nSPS) is 28.5. The molecule has 6 nitrogen and oxygen atoms in total. The molecule has 0 radical (unpaired) electrons. The minimum absolute atomic E-state index is 0.137. The molecule has 1 amide bonds. The van der Waals surface area contributed by atoms with Gasteiger partial charge in [0.05, 0.1) is 5.60 Å². The molecule has 1 spiro atoms. The molecule has 33 heavy (non-hydrogen) atoms. The Labute approximate surface area is 203 Å². The zero-order chi connectivity index (χ0) is 23.5. The lowest BCUT2D eigenvalue weighted by molar-refractivity contribution is -0.134. The van der Waals surface area contributed by atoms with Crippen molar-refractivity contribution in [2.45, 2.75) is 50.4 Å². The second kappa shape index (κ2) is 7.90. The quantitative estimate of drug-likeness (QED) is 0.646. The van der Waals surface area contributed by atoms with Crippen LogP contribution in [0.4, 0.5) is 0 Å². The van der Waals surface area contributed by atoms with Gasteiger partial charge >= 0.3 is 0 Å². The van der Waals surface area contributed by atoms with Crippen molar-refractivity contribution in [1.29, 1.82) is 0 Å². The van der Waals surface area contributed by atoms with E-state index in [1.54, 1.807) is 13.1 Å². The number of aliphatic imine (C=N–C) groups is 1. The topological polar surface area (TPSA) is 77.2 Å². The maximum absolute atomic E-state index is 13.6. The lowest BCUT2D eigenvalue weighted by Gasteiger charge is -2.44. The number of amides is 1. The summed E-state index contributed by atoms with van der Waals surface area (Å²) >= 11 is 12.5. The minimum Gasteiger partial charge on any atom is -0.490 e. The van der Waals surface area contributed by atoms with Gasteiger partial charge in [0, 0.05) is 41.6 Å². The molecule has 0 saturated carbocycles. The molecule has 3 heterocycles. The van der Waals surface area contributed by atoms with E-state index in [1.165, 1.54) is 4.90 Å². The van der Waals surface area contributed by atoms with Crippen molar-refractivity contribution in [1.82, 2.24) is 4.90 Å². The Kier molecular flexibility index (Phi) is 5.39. The number of rotatable bonds is 2. The Bertz CT molecular complexity index is 1150. The van der Waals surface area contributed by atoms with Crippen molar-refractivity contribution in [2.24, 2.45) is 16.6 Å².